The van der Waals surface area contributed by atoms with Gasteiger partial charge in [-0.2, -0.15) is 5.10 Å². The summed E-state index contributed by atoms with van der Waals surface area (Å²) in [5, 5.41) is 4.24. The van der Waals surface area contributed by atoms with Crippen molar-refractivity contribution in [1.82, 2.24) is 9.78 Å². The van der Waals surface area contributed by atoms with Gasteiger partial charge >= 0.3 is 0 Å². The molecule has 0 fully saturated rings. The van der Waals surface area contributed by atoms with Gasteiger partial charge in [-0.1, -0.05) is 12.1 Å². The molecule has 0 aliphatic heterocycles. The third-order valence-corrected chi connectivity index (χ3v) is 3.72. The Hall–Kier alpha value is -3.28. The first kappa shape index (κ1) is 15.6. The van der Waals surface area contributed by atoms with E-state index in [9.17, 15) is 4.79 Å². The first-order chi connectivity index (χ1) is 11.7. The molecule has 0 unspecified atom stereocenters. The minimum Gasteiger partial charge on any atom is -0.497 e. The molecule has 3 rings (SSSR count). The number of nitrogens with zero attached hydrogens (tertiary/aromatic N) is 2. The van der Waals surface area contributed by atoms with E-state index in [1.54, 1.807) is 44.6 Å². The highest BCUT2D eigenvalue weighted by atomic mass is 16.5. The van der Waals surface area contributed by atoms with Crippen LogP contribution in [0.25, 0.3) is 5.69 Å². The number of hydrogen-bond donors (Lipinski definition) is 1. The lowest BCUT2D eigenvalue weighted by atomic mass is 10.1. The van der Waals surface area contributed by atoms with Gasteiger partial charge in [0.2, 0.25) is 0 Å². The molecule has 0 spiro atoms. The van der Waals surface area contributed by atoms with Crippen LogP contribution in [0, 0.1) is 0 Å². The Morgan fingerprint density at radius 3 is 2.42 bits per heavy atom. The summed E-state index contributed by atoms with van der Waals surface area (Å²) in [4.78, 5) is 12.7. The minimum absolute atomic E-state index is 0.198. The van der Waals surface area contributed by atoms with Crippen molar-refractivity contribution in [3.05, 3.63) is 65.9 Å². The fraction of sp³-hybridized carbons (Fsp3) is 0.111. The number of rotatable bonds is 5. The number of ketones is 1. The Kier molecular flexibility index (Phi) is 4.20. The predicted octanol–water partition coefficient (Wildman–Crippen LogP) is 2.70. The molecule has 0 amide bonds. The second kappa shape index (κ2) is 6.45. The van der Waals surface area contributed by atoms with E-state index in [0.29, 0.717) is 28.3 Å². The molecule has 0 saturated heterocycles. The molecule has 3 aromatic rings. The van der Waals surface area contributed by atoms with E-state index in [2.05, 4.69) is 5.10 Å². The normalized spacial score (nSPS) is 10.4. The molecule has 0 aliphatic carbocycles. The summed E-state index contributed by atoms with van der Waals surface area (Å²) in [5.41, 5.74) is 7.68. The van der Waals surface area contributed by atoms with Crippen molar-refractivity contribution in [3.63, 3.8) is 0 Å². The largest absolute Gasteiger partial charge is 0.497 e. The van der Waals surface area contributed by atoms with Crippen LogP contribution < -0.4 is 15.2 Å². The molecule has 6 heteroatoms. The third-order valence-electron chi connectivity index (χ3n) is 3.72. The second-order valence-electron chi connectivity index (χ2n) is 5.08. The minimum atomic E-state index is -0.198. The molecule has 0 saturated carbocycles. The van der Waals surface area contributed by atoms with Crippen molar-refractivity contribution < 1.29 is 14.3 Å². The van der Waals surface area contributed by atoms with Gasteiger partial charge in [0.25, 0.3) is 0 Å². The van der Waals surface area contributed by atoms with Crippen molar-refractivity contribution >= 4 is 11.6 Å². The Labute approximate surface area is 139 Å². The van der Waals surface area contributed by atoms with Crippen LogP contribution in [-0.2, 0) is 0 Å². The van der Waals surface area contributed by atoms with Crippen LogP contribution >= 0.6 is 0 Å². The average molecular weight is 323 g/mol. The number of methoxy groups -OCH3 is 2. The van der Waals surface area contributed by atoms with E-state index in [1.807, 2.05) is 18.2 Å². The van der Waals surface area contributed by atoms with E-state index < -0.39 is 0 Å². The van der Waals surface area contributed by atoms with Crippen molar-refractivity contribution in [2.24, 2.45) is 0 Å². The lowest BCUT2D eigenvalue weighted by Crippen LogP contribution is -2.08. The summed E-state index contributed by atoms with van der Waals surface area (Å²) in [5.74, 6) is 1.37. The molecule has 0 bridgehead atoms. The van der Waals surface area contributed by atoms with Gasteiger partial charge < -0.3 is 15.2 Å². The first-order valence-corrected chi connectivity index (χ1v) is 7.31. The highest BCUT2D eigenvalue weighted by molar-refractivity contribution is 6.11. The molecule has 24 heavy (non-hydrogen) atoms. The molecular weight excluding hydrogens is 306 g/mol. The van der Waals surface area contributed by atoms with Crippen LogP contribution in [0.3, 0.4) is 0 Å². The smallest absolute Gasteiger partial charge is 0.198 e. The number of para-hydroxylation sites is 2. The summed E-state index contributed by atoms with van der Waals surface area (Å²) >= 11 is 0. The molecule has 1 heterocycles. The number of nitrogen functional groups attached to an aromatic ring is 1. The van der Waals surface area contributed by atoms with Crippen LogP contribution in [0.2, 0.25) is 0 Å². The second-order valence-corrected chi connectivity index (χ2v) is 5.08. The summed E-state index contributed by atoms with van der Waals surface area (Å²) in [6, 6.07) is 14.2. The van der Waals surface area contributed by atoms with Gasteiger partial charge in [0, 0.05) is 5.56 Å². The summed E-state index contributed by atoms with van der Waals surface area (Å²) in [7, 11) is 3.15. The van der Waals surface area contributed by atoms with Crippen molar-refractivity contribution in [2.45, 2.75) is 0 Å². The SMILES string of the molecule is COc1ccc(C(=O)c2cnn(-c3ccccc3OC)c2N)cc1. The van der Waals surface area contributed by atoms with E-state index in [-0.39, 0.29) is 11.6 Å². The molecule has 6 nitrogen and oxygen atoms in total. The summed E-state index contributed by atoms with van der Waals surface area (Å²) < 4.78 is 11.9. The van der Waals surface area contributed by atoms with E-state index >= 15 is 0 Å². The monoisotopic (exact) mass is 323 g/mol. The number of carbonyl (C=O) groups is 1. The van der Waals surface area contributed by atoms with Crippen LogP contribution in [0.1, 0.15) is 15.9 Å². The number of ether oxygens (including phenoxy) is 2. The maximum absolute atomic E-state index is 12.7. The highest BCUT2D eigenvalue weighted by Gasteiger charge is 2.19. The topological polar surface area (TPSA) is 79.4 Å². The molecular formula is C18H17N3O3. The first-order valence-electron chi connectivity index (χ1n) is 7.31. The Balaban J connectivity index is 1.98. The lowest BCUT2D eigenvalue weighted by Gasteiger charge is -2.09. The van der Waals surface area contributed by atoms with Crippen molar-refractivity contribution in [2.75, 3.05) is 20.0 Å². The number of nitrogens with two attached hydrogens (primary N) is 1. The van der Waals surface area contributed by atoms with E-state index in [1.165, 1.54) is 10.9 Å². The molecule has 0 atom stereocenters. The zero-order chi connectivity index (χ0) is 17.1. The fourth-order valence-electron chi connectivity index (χ4n) is 2.43. The zero-order valence-corrected chi connectivity index (χ0v) is 13.4. The van der Waals surface area contributed by atoms with Gasteiger partial charge in [-0.25, -0.2) is 4.68 Å². The Morgan fingerprint density at radius 1 is 1.04 bits per heavy atom. The molecule has 0 radical (unpaired) electrons. The van der Waals surface area contributed by atoms with E-state index in [4.69, 9.17) is 15.2 Å². The highest BCUT2D eigenvalue weighted by Crippen LogP contribution is 2.26. The summed E-state index contributed by atoms with van der Waals surface area (Å²) in [6.45, 7) is 0. The van der Waals surface area contributed by atoms with Gasteiger partial charge in [-0.3, -0.25) is 4.79 Å². The van der Waals surface area contributed by atoms with Crippen LogP contribution in [0.15, 0.2) is 54.7 Å². The Morgan fingerprint density at radius 2 is 1.75 bits per heavy atom. The number of aromatic nitrogens is 2. The number of benzene rings is 2. The molecule has 2 aromatic carbocycles. The third kappa shape index (κ3) is 2.69. The number of hydrogen-bond acceptors (Lipinski definition) is 5. The zero-order valence-electron chi connectivity index (χ0n) is 13.4. The standard InChI is InChI=1S/C18H17N3O3/c1-23-13-9-7-12(8-10-13)17(22)14-11-20-21(18(14)19)15-5-3-4-6-16(15)24-2/h3-11H,19H2,1-2H3. The van der Waals surface area contributed by atoms with Crippen molar-refractivity contribution in [3.8, 4) is 17.2 Å². The van der Waals surface area contributed by atoms with Crippen LogP contribution in [0.4, 0.5) is 5.82 Å². The van der Waals surface area contributed by atoms with Gasteiger partial charge in [-0.05, 0) is 36.4 Å². The lowest BCUT2D eigenvalue weighted by molar-refractivity contribution is 0.103. The molecule has 0 aliphatic rings. The Bertz CT molecular complexity index is 869. The fourth-order valence-corrected chi connectivity index (χ4v) is 2.43. The van der Waals surface area contributed by atoms with Gasteiger partial charge in [0.1, 0.15) is 23.0 Å². The maximum atomic E-state index is 12.7. The molecule has 122 valence electrons. The average Bonchev–Trinajstić information content (AvgIpc) is 3.02. The summed E-state index contributed by atoms with van der Waals surface area (Å²) in [6.07, 6.45) is 1.47. The van der Waals surface area contributed by atoms with Gasteiger partial charge in [0.15, 0.2) is 5.78 Å². The predicted molar refractivity (Wildman–Crippen MR) is 91.0 cm³/mol. The molecule has 1 aromatic heterocycles. The number of carbonyl (C=O) groups excluding carboxylic acids is 1. The quantitative estimate of drug-likeness (QED) is 0.730. The van der Waals surface area contributed by atoms with Crippen LogP contribution in [0.5, 0.6) is 11.5 Å². The van der Waals surface area contributed by atoms with E-state index in [0.717, 1.165) is 0 Å². The number of anilines is 1. The van der Waals surface area contributed by atoms with Crippen molar-refractivity contribution in [1.29, 1.82) is 0 Å². The van der Waals surface area contributed by atoms with Gasteiger partial charge in [-0.15, -0.1) is 0 Å². The maximum Gasteiger partial charge on any atom is 0.198 e. The van der Waals surface area contributed by atoms with Gasteiger partial charge in [0.05, 0.1) is 26.0 Å². The van der Waals surface area contributed by atoms with Crippen LogP contribution in [-0.4, -0.2) is 29.8 Å². The molecule has 2 N–H and O–H groups in total.